The number of aromatic nitrogens is 3. The molecule has 0 spiro atoms. The van der Waals surface area contributed by atoms with Crippen LogP contribution >= 0.6 is 0 Å². The third-order valence-corrected chi connectivity index (χ3v) is 1.51. The molecule has 4 nitrogen and oxygen atoms in total. The number of nitrogens with one attached hydrogen (secondary N) is 1. The highest BCUT2D eigenvalue weighted by Crippen LogP contribution is 2.17. The molecule has 1 aromatic rings. The first-order valence-electron chi connectivity index (χ1n) is 3.85. The molecule has 12 heavy (non-hydrogen) atoms. The molecule has 0 saturated heterocycles. The van der Waals surface area contributed by atoms with Gasteiger partial charge < -0.3 is 0 Å². The summed E-state index contributed by atoms with van der Waals surface area (Å²) in [5.74, 6) is 0.898. The molecule has 0 atom stereocenters. The minimum Gasteiger partial charge on any atom is -0.291 e. The van der Waals surface area contributed by atoms with Crippen LogP contribution in [-0.4, -0.2) is 21.0 Å². The molecule has 1 N–H and O–H groups in total. The normalized spacial score (nSPS) is 11.7. The fourth-order valence-corrected chi connectivity index (χ4v) is 0.755. The minimum absolute atomic E-state index is 0.0826. The Morgan fingerprint density at radius 1 is 1.42 bits per heavy atom. The third kappa shape index (κ3) is 1.69. The van der Waals surface area contributed by atoms with Crippen molar-refractivity contribution in [2.45, 2.75) is 33.1 Å². The average molecular weight is 167 g/mol. The Bertz CT molecular complexity index is 295. The van der Waals surface area contributed by atoms with Crippen LogP contribution in [-0.2, 0) is 5.41 Å². The molecule has 0 fully saturated rings. The first-order valence-corrected chi connectivity index (χ1v) is 3.85. The summed E-state index contributed by atoms with van der Waals surface area (Å²) in [6.45, 7) is 7.49. The van der Waals surface area contributed by atoms with Crippen molar-refractivity contribution in [2.75, 3.05) is 0 Å². The standard InChI is InChI=1S/C8H13N3O/c1-5(12)6-9-7(11-10-6)8(2,3)4/h1-4H3,(H,9,10,11). The lowest BCUT2D eigenvalue weighted by Gasteiger charge is -2.12. The fourth-order valence-electron chi connectivity index (χ4n) is 0.755. The molecule has 0 radical (unpaired) electrons. The van der Waals surface area contributed by atoms with E-state index in [1.54, 1.807) is 0 Å². The van der Waals surface area contributed by atoms with Crippen molar-refractivity contribution in [1.29, 1.82) is 0 Å². The van der Waals surface area contributed by atoms with Crippen LogP contribution in [0.4, 0.5) is 0 Å². The molecule has 0 aliphatic rings. The maximum Gasteiger partial charge on any atom is 0.216 e. The second-order valence-electron chi connectivity index (χ2n) is 3.81. The van der Waals surface area contributed by atoms with Gasteiger partial charge in [-0.15, -0.1) is 0 Å². The zero-order valence-corrected chi connectivity index (χ0v) is 7.80. The number of carbonyl (C=O) groups excluding carboxylic acids is 1. The van der Waals surface area contributed by atoms with Gasteiger partial charge in [-0.2, -0.15) is 5.10 Å². The van der Waals surface area contributed by atoms with Crippen LogP contribution in [0.3, 0.4) is 0 Å². The van der Waals surface area contributed by atoms with E-state index in [0.717, 1.165) is 5.82 Å². The monoisotopic (exact) mass is 167 g/mol. The predicted octanol–water partition coefficient (Wildman–Crippen LogP) is 1.30. The second-order valence-corrected chi connectivity index (χ2v) is 3.81. The number of ketones is 1. The Hall–Kier alpha value is -1.19. The quantitative estimate of drug-likeness (QED) is 0.641. The van der Waals surface area contributed by atoms with Gasteiger partial charge in [-0.1, -0.05) is 20.8 Å². The van der Waals surface area contributed by atoms with Crippen molar-refractivity contribution >= 4 is 5.78 Å². The summed E-state index contributed by atoms with van der Waals surface area (Å²) in [5, 5.41) is 6.54. The van der Waals surface area contributed by atoms with Crippen molar-refractivity contribution in [3.63, 3.8) is 0 Å². The van der Waals surface area contributed by atoms with E-state index in [2.05, 4.69) is 15.2 Å². The maximum absolute atomic E-state index is 10.8. The summed E-state index contributed by atoms with van der Waals surface area (Å²) in [7, 11) is 0. The molecule has 0 unspecified atom stereocenters. The van der Waals surface area contributed by atoms with Crippen LogP contribution in [0.1, 0.15) is 44.1 Å². The van der Waals surface area contributed by atoms with Crippen LogP contribution in [0.25, 0.3) is 0 Å². The smallest absolute Gasteiger partial charge is 0.216 e. The highest BCUT2D eigenvalue weighted by Gasteiger charge is 2.19. The molecule has 0 aliphatic heterocycles. The molecule has 0 saturated carbocycles. The van der Waals surface area contributed by atoms with Crippen molar-refractivity contribution in [3.05, 3.63) is 11.6 Å². The Labute approximate surface area is 71.4 Å². The number of Topliss-reactive ketones (excluding diaryl/α,β-unsaturated/α-hetero) is 1. The second kappa shape index (κ2) is 2.69. The summed E-state index contributed by atoms with van der Waals surface area (Å²) in [6, 6.07) is 0. The van der Waals surface area contributed by atoms with Gasteiger partial charge in [0.2, 0.25) is 5.82 Å². The summed E-state index contributed by atoms with van der Waals surface area (Å²) in [4.78, 5) is 14.9. The van der Waals surface area contributed by atoms with Gasteiger partial charge >= 0.3 is 0 Å². The molecular weight excluding hydrogens is 154 g/mol. The van der Waals surface area contributed by atoms with Gasteiger partial charge in [-0.05, 0) is 0 Å². The van der Waals surface area contributed by atoms with Gasteiger partial charge in [0, 0.05) is 12.3 Å². The molecule has 4 heteroatoms. The molecule has 1 rings (SSSR count). The molecule has 0 aromatic carbocycles. The van der Waals surface area contributed by atoms with Gasteiger partial charge in [0.15, 0.2) is 5.78 Å². The number of carbonyl (C=O) groups is 1. The first-order chi connectivity index (χ1) is 5.41. The molecule has 66 valence electrons. The summed E-state index contributed by atoms with van der Waals surface area (Å²) in [6.07, 6.45) is 0. The minimum atomic E-state index is -0.109. The summed E-state index contributed by atoms with van der Waals surface area (Å²) in [5.41, 5.74) is -0.0826. The van der Waals surface area contributed by atoms with Crippen molar-refractivity contribution < 1.29 is 4.79 Å². The largest absolute Gasteiger partial charge is 0.291 e. The van der Waals surface area contributed by atoms with E-state index >= 15 is 0 Å². The topological polar surface area (TPSA) is 58.6 Å². The number of nitrogens with zero attached hydrogens (tertiary/aromatic N) is 2. The van der Waals surface area contributed by atoms with Crippen LogP contribution in [0.5, 0.6) is 0 Å². The molecule has 1 heterocycles. The average Bonchev–Trinajstić information content (AvgIpc) is 2.30. The lowest BCUT2D eigenvalue weighted by molar-refractivity contribution is 0.100. The maximum atomic E-state index is 10.8. The van der Waals surface area contributed by atoms with E-state index in [4.69, 9.17) is 0 Å². The van der Waals surface area contributed by atoms with Crippen LogP contribution in [0.15, 0.2) is 0 Å². The molecular formula is C8H13N3O. The van der Waals surface area contributed by atoms with Crippen LogP contribution in [0.2, 0.25) is 0 Å². The van der Waals surface area contributed by atoms with Gasteiger partial charge in [0.1, 0.15) is 5.82 Å². The number of rotatable bonds is 1. The third-order valence-electron chi connectivity index (χ3n) is 1.51. The van der Waals surface area contributed by atoms with Gasteiger partial charge in [-0.25, -0.2) is 4.98 Å². The fraction of sp³-hybridized carbons (Fsp3) is 0.625. The number of hydrogen-bond acceptors (Lipinski definition) is 3. The van der Waals surface area contributed by atoms with E-state index in [1.807, 2.05) is 20.8 Å². The summed E-state index contributed by atoms with van der Waals surface area (Å²) < 4.78 is 0. The van der Waals surface area contributed by atoms with Gasteiger partial charge in [0.05, 0.1) is 0 Å². The molecule has 1 aromatic heterocycles. The highest BCUT2D eigenvalue weighted by molar-refractivity contribution is 5.90. The lowest BCUT2D eigenvalue weighted by Crippen LogP contribution is -2.13. The summed E-state index contributed by atoms with van der Waals surface area (Å²) >= 11 is 0. The highest BCUT2D eigenvalue weighted by atomic mass is 16.1. The van der Waals surface area contributed by atoms with Gasteiger partial charge in [0.25, 0.3) is 0 Å². The van der Waals surface area contributed by atoms with Gasteiger partial charge in [-0.3, -0.25) is 9.89 Å². The van der Waals surface area contributed by atoms with Crippen molar-refractivity contribution in [1.82, 2.24) is 15.2 Å². The van der Waals surface area contributed by atoms with Crippen molar-refractivity contribution in [2.24, 2.45) is 0 Å². The zero-order valence-electron chi connectivity index (χ0n) is 7.80. The van der Waals surface area contributed by atoms with Crippen molar-refractivity contribution in [3.8, 4) is 0 Å². The first kappa shape index (κ1) is 8.90. The van der Waals surface area contributed by atoms with E-state index in [-0.39, 0.29) is 17.0 Å². The van der Waals surface area contributed by atoms with Crippen LogP contribution in [0, 0.1) is 0 Å². The Kier molecular flexibility index (Phi) is 2.00. The molecule has 0 aliphatic carbocycles. The van der Waals surface area contributed by atoms with E-state index < -0.39 is 0 Å². The SMILES string of the molecule is CC(=O)c1n[nH]c(C(C)(C)C)n1. The number of hydrogen-bond donors (Lipinski definition) is 1. The van der Waals surface area contributed by atoms with E-state index in [1.165, 1.54) is 6.92 Å². The zero-order chi connectivity index (χ0) is 9.35. The number of H-pyrrole nitrogens is 1. The van der Waals surface area contributed by atoms with E-state index in [0.29, 0.717) is 0 Å². The Morgan fingerprint density at radius 2 is 2.00 bits per heavy atom. The van der Waals surface area contributed by atoms with Crippen LogP contribution < -0.4 is 0 Å². The predicted molar refractivity (Wildman–Crippen MR) is 45.1 cm³/mol. The Balaban J connectivity index is 3.00. The van der Waals surface area contributed by atoms with E-state index in [9.17, 15) is 4.79 Å². The molecule has 0 bridgehead atoms. The number of aromatic amines is 1. The lowest BCUT2D eigenvalue weighted by atomic mass is 9.96. The molecule has 0 amide bonds. The Morgan fingerprint density at radius 3 is 2.25 bits per heavy atom.